The van der Waals surface area contributed by atoms with Crippen LogP contribution in [0.2, 0.25) is 0 Å². The van der Waals surface area contributed by atoms with Gasteiger partial charge in [0.25, 0.3) is 10.1 Å². The fraction of sp³-hybridized carbons (Fsp3) is 0.235. The lowest BCUT2D eigenvalue weighted by Crippen LogP contribution is -2.09. The number of aryl methyl sites for hydroxylation is 3. The fourth-order valence-corrected chi connectivity index (χ4v) is 3.37. The first-order valence-electron chi connectivity index (χ1n) is 7.28. The fourth-order valence-electron chi connectivity index (χ4n) is 2.41. The highest BCUT2D eigenvalue weighted by Gasteiger charge is 2.18. The van der Waals surface area contributed by atoms with Crippen LogP contribution in [0.25, 0.3) is 5.65 Å². The Morgan fingerprint density at radius 2 is 1.87 bits per heavy atom. The normalized spacial score (nSPS) is 12.0. The zero-order valence-electron chi connectivity index (χ0n) is 13.3. The van der Waals surface area contributed by atoms with Crippen LogP contribution in [-0.4, -0.2) is 17.8 Å². The monoisotopic (exact) mass is 330 g/mol. The van der Waals surface area contributed by atoms with Gasteiger partial charge in [0.2, 0.25) is 0 Å². The van der Waals surface area contributed by atoms with Gasteiger partial charge in [-0.15, -0.1) is 0 Å². The number of aromatic nitrogens is 2. The molecule has 0 bridgehead atoms. The number of rotatable bonds is 4. The summed E-state index contributed by atoms with van der Waals surface area (Å²) < 4.78 is 31.9. The molecule has 0 aliphatic rings. The maximum Gasteiger partial charge on any atom is 0.297 e. The van der Waals surface area contributed by atoms with Crippen molar-refractivity contribution in [3.05, 3.63) is 65.1 Å². The number of fused-ring (bicyclic) bond motifs is 1. The predicted molar refractivity (Wildman–Crippen MR) is 87.8 cm³/mol. The highest BCUT2D eigenvalue weighted by Crippen LogP contribution is 2.20. The van der Waals surface area contributed by atoms with Crippen molar-refractivity contribution in [1.82, 2.24) is 9.38 Å². The van der Waals surface area contributed by atoms with Gasteiger partial charge in [0.15, 0.2) is 0 Å². The Balaban J connectivity index is 1.89. The molecule has 0 N–H and O–H groups in total. The Morgan fingerprint density at radius 1 is 1.09 bits per heavy atom. The molecule has 23 heavy (non-hydrogen) atoms. The highest BCUT2D eigenvalue weighted by atomic mass is 32.2. The van der Waals surface area contributed by atoms with E-state index < -0.39 is 10.1 Å². The second-order valence-electron chi connectivity index (χ2n) is 5.54. The van der Waals surface area contributed by atoms with Crippen LogP contribution >= 0.6 is 0 Å². The van der Waals surface area contributed by atoms with E-state index >= 15 is 0 Å². The van der Waals surface area contributed by atoms with Crippen LogP contribution in [0.3, 0.4) is 0 Å². The minimum Gasteiger partial charge on any atom is -0.301 e. The molecule has 0 aliphatic carbocycles. The molecule has 0 radical (unpaired) electrons. The molecule has 0 spiro atoms. The van der Waals surface area contributed by atoms with Gasteiger partial charge in [-0.05, 0) is 56.2 Å². The molecule has 6 heteroatoms. The smallest absolute Gasteiger partial charge is 0.297 e. The first-order valence-corrected chi connectivity index (χ1v) is 8.68. The van der Waals surface area contributed by atoms with Gasteiger partial charge < -0.3 is 4.40 Å². The average molecular weight is 330 g/mol. The van der Waals surface area contributed by atoms with Gasteiger partial charge in [-0.1, -0.05) is 12.1 Å². The van der Waals surface area contributed by atoms with Gasteiger partial charge in [-0.2, -0.15) is 8.42 Å². The third-order valence-corrected chi connectivity index (χ3v) is 5.21. The van der Waals surface area contributed by atoms with E-state index in [0.29, 0.717) is 0 Å². The number of hydrogen-bond donors (Lipinski definition) is 0. The molecule has 0 amide bonds. The molecule has 2 aromatic heterocycles. The lowest BCUT2D eigenvalue weighted by Gasteiger charge is -2.08. The van der Waals surface area contributed by atoms with Crippen molar-refractivity contribution in [2.75, 3.05) is 0 Å². The largest absolute Gasteiger partial charge is 0.301 e. The summed E-state index contributed by atoms with van der Waals surface area (Å²) in [6.07, 6.45) is 1.84. The Labute approximate surface area is 135 Å². The number of nitrogens with zero attached hydrogens (tertiary/aromatic N) is 2. The Morgan fingerprint density at radius 3 is 2.61 bits per heavy atom. The lowest BCUT2D eigenvalue weighted by atomic mass is 10.1. The van der Waals surface area contributed by atoms with E-state index in [1.165, 1.54) is 0 Å². The van der Waals surface area contributed by atoms with Gasteiger partial charge in [0, 0.05) is 6.20 Å². The number of pyridine rings is 1. The van der Waals surface area contributed by atoms with Gasteiger partial charge >= 0.3 is 0 Å². The lowest BCUT2D eigenvalue weighted by molar-refractivity contribution is 0.302. The third-order valence-electron chi connectivity index (χ3n) is 3.95. The van der Waals surface area contributed by atoms with Crippen LogP contribution in [0.4, 0.5) is 0 Å². The average Bonchev–Trinajstić information content (AvgIpc) is 2.83. The Hall–Kier alpha value is -2.18. The minimum absolute atomic E-state index is 0.0493. The summed E-state index contributed by atoms with van der Waals surface area (Å²) in [5.74, 6) is 0. The van der Waals surface area contributed by atoms with Crippen molar-refractivity contribution in [2.45, 2.75) is 32.3 Å². The van der Waals surface area contributed by atoms with Gasteiger partial charge in [-0.3, -0.25) is 4.18 Å². The maximum atomic E-state index is 12.4. The number of benzene rings is 1. The van der Waals surface area contributed by atoms with E-state index in [2.05, 4.69) is 4.98 Å². The van der Waals surface area contributed by atoms with Crippen molar-refractivity contribution in [1.29, 1.82) is 0 Å². The van der Waals surface area contributed by atoms with E-state index in [-0.39, 0.29) is 11.5 Å². The van der Waals surface area contributed by atoms with E-state index in [4.69, 9.17) is 4.18 Å². The molecule has 0 atom stereocenters. The van der Waals surface area contributed by atoms with Crippen LogP contribution in [0.15, 0.2) is 47.5 Å². The summed E-state index contributed by atoms with van der Waals surface area (Å²) >= 11 is 0. The molecular formula is C17H18N2O3S. The molecule has 3 rings (SSSR count). The van der Waals surface area contributed by atoms with Crippen LogP contribution < -0.4 is 0 Å². The first kappa shape index (κ1) is 15.7. The number of hydrogen-bond acceptors (Lipinski definition) is 4. The van der Waals surface area contributed by atoms with Crippen LogP contribution in [0.5, 0.6) is 0 Å². The van der Waals surface area contributed by atoms with E-state index in [0.717, 1.165) is 28.2 Å². The summed E-state index contributed by atoms with van der Waals surface area (Å²) in [5.41, 5.74) is 4.22. The summed E-state index contributed by atoms with van der Waals surface area (Å²) in [4.78, 5) is 4.57. The van der Waals surface area contributed by atoms with Crippen molar-refractivity contribution < 1.29 is 12.6 Å². The van der Waals surface area contributed by atoms with E-state index in [1.807, 2.05) is 49.6 Å². The van der Waals surface area contributed by atoms with Gasteiger partial charge in [0.1, 0.15) is 12.3 Å². The molecule has 0 unspecified atom stereocenters. The van der Waals surface area contributed by atoms with E-state index in [9.17, 15) is 8.42 Å². The first-order chi connectivity index (χ1) is 10.9. The second-order valence-corrected chi connectivity index (χ2v) is 7.15. The Bertz CT molecular complexity index is 975. The maximum absolute atomic E-state index is 12.4. The van der Waals surface area contributed by atoms with Crippen LogP contribution in [-0.2, 0) is 20.9 Å². The summed E-state index contributed by atoms with van der Waals surface area (Å²) in [7, 11) is -3.80. The zero-order valence-corrected chi connectivity index (χ0v) is 14.1. The highest BCUT2D eigenvalue weighted by molar-refractivity contribution is 7.86. The van der Waals surface area contributed by atoms with Gasteiger partial charge in [-0.25, -0.2) is 4.98 Å². The standard InChI is InChI=1S/C17H18N2O3S/c1-12-7-8-15(10-13(12)2)23(20,21)22-11-16-14(3)18-17-6-4-5-9-19(16)17/h4-10H,11H2,1-3H3. The quantitative estimate of drug-likeness (QED) is 0.689. The second kappa shape index (κ2) is 5.79. The molecule has 5 nitrogen and oxygen atoms in total. The summed E-state index contributed by atoms with van der Waals surface area (Å²) in [6.45, 7) is 5.61. The number of imidazole rings is 1. The zero-order chi connectivity index (χ0) is 16.6. The van der Waals surface area contributed by atoms with Crippen molar-refractivity contribution in [3.8, 4) is 0 Å². The third kappa shape index (κ3) is 3.00. The topological polar surface area (TPSA) is 60.7 Å². The summed E-state index contributed by atoms with van der Waals surface area (Å²) in [6, 6.07) is 10.6. The molecule has 2 heterocycles. The molecular weight excluding hydrogens is 312 g/mol. The summed E-state index contributed by atoms with van der Waals surface area (Å²) in [5, 5.41) is 0. The Kier molecular flexibility index (Phi) is 3.95. The van der Waals surface area contributed by atoms with Crippen LogP contribution in [0, 0.1) is 20.8 Å². The van der Waals surface area contributed by atoms with E-state index in [1.54, 1.807) is 18.2 Å². The molecule has 1 aromatic carbocycles. The SMILES string of the molecule is Cc1ccc(S(=O)(=O)OCc2c(C)nc3ccccn23)cc1C. The molecule has 0 saturated heterocycles. The molecule has 0 fully saturated rings. The minimum atomic E-state index is -3.80. The van der Waals surface area contributed by atoms with Crippen LogP contribution in [0.1, 0.15) is 22.5 Å². The van der Waals surface area contributed by atoms with Gasteiger partial charge in [0.05, 0.1) is 16.3 Å². The molecule has 120 valence electrons. The molecule has 0 saturated carbocycles. The predicted octanol–water partition coefficient (Wildman–Crippen LogP) is 3.17. The molecule has 3 aromatic rings. The van der Waals surface area contributed by atoms with Crippen molar-refractivity contribution >= 4 is 15.8 Å². The van der Waals surface area contributed by atoms with Crippen molar-refractivity contribution in [2.24, 2.45) is 0 Å². The van der Waals surface area contributed by atoms with Crippen molar-refractivity contribution in [3.63, 3.8) is 0 Å². The molecule has 0 aliphatic heterocycles.